The highest BCUT2D eigenvalue weighted by atomic mass is 32.1. The molecule has 0 aliphatic heterocycles. The fourth-order valence-electron chi connectivity index (χ4n) is 2.95. The molecule has 0 aliphatic carbocycles. The van der Waals surface area contributed by atoms with Gasteiger partial charge in [0.05, 0.1) is 32.7 Å². The Kier molecular flexibility index (Phi) is 5.28. The number of benzene rings is 1. The maximum atomic E-state index is 10.7. The maximum absolute atomic E-state index is 10.7. The lowest BCUT2D eigenvalue weighted by Crippen LogP contribution is -1.97. The SMILES string of the molecule is O=CPc1ncc(-c2cc3sc(C#Cc4ccc5nc(PC=O)[nH]c5c4)cc3s2)[nH]1. The first-order valence-corrected chi connectivity index (χ1v) is 12.5. The molecule has 0 fully saturated rings. The summed E-state index contributed by atoms with van der Waals surface area (Å²) in [5, 5.41) is 0. The third-order valence-corrected chi connectivity index (χ3v) is 7.77. The van der Waals surface area contributed by atoms with Crippen LogP contribution in [0.15, 0.2) is 36.5 Å². The molecule has 4 aromatic heterocycles. The zero-order chi connectivity index (χ0) is 20.5. The average Bonchev–Trinajstić information content (AvgIpc) is 3.48. The van der Waals surface area contributed by atoms with Crippen LogP contribution in [-0.4, -0.2) is 32.0 Å². The van der Waals surface area contributed by atoms with Crippen LogP contribution in [0.1, 0.15) is 10.4 Å². The number of rotatable bonds is 5. The summed E-state index contributed by atoms with van der Waals surface area (Å²) < 4.78 is 2.36. The summed E-state index contributed by atoms with van der Waals surface area (Å²) >= 11 is 3.33. The molecule has 5 rings (SSSR count). The number of carbonyl (C=O) groups excluding carboxylic acids is 2. The number of thiophene rings is 2. The van der Waals surface area contributed by atoms with Crippen molar-refractivity contribution < 1.29 is 9.59 Å². The van der Waals surface area contributed by atoms with Gasteiger partial charge in [-0.1, -0.05) is 11.8 Å². The van der Waals surface area contributed by atoms with Crippen molar-refractivity contribution in [2.75, 3.05) is 0 Å². The van der Waals surface area contributed by atoms with E-state index in [1.165, 1.54) is 9.40 Å². The number of aromatic amines is 2. The minimum absolute atomic E-state index is 0.0310. The lowest BCUT2D eigenvalue weighted by Gasteiger charge is -1.90. The Bertz CT molecular complexity index is 1440. The molecule has 1 aromatic carbocycles. The van der Waals surface area contributed by atoms with E-state index >= 15 is 0 Å². The van der Waals surface area contributed by atoms with Gasteiger partial charge in [-0.2, -0.15) is 0 Å². The Morgan fingerprint density at radius 3 is 2.60 bits per heavy atom. The van der Waals surface area contributed by atoms with Crippen LogP contribution in [-0.2, 0) is 9.59 Å². The summed E-state index contributed by atoms with van der Waals surface area (Å²) in [5.41, 5.74) is 4.95. The zero-order valence-electron chi connectivity index (χ0n) is 15.1. The van der Waals surface area contributed by atoms with Gasteiger partial charge in [-0.3, -0.25) is 9.59 Å². The van der Waals surface area contributed by atoms with E-state index in [4.69, 9.17) is 0 Å². The highest BCUT2D eigenvalue weighted by Gasteiger charge is 2.10. The van der Waals surface area contributed by atoms with Gasteiger partial charge < -0.3 is 9.97 Å². The standard InChI is InChI=1S/C20H12N4O2P2S2/c25-9-27-19-21-8-15(24-19)16-7-18-17(30-16)6-12(29-18)3-1-11-2-4-13-14(5-11)23-20(22-13)28-10-26/h2,4-10,27-28H,(H,21,24)(H,22,23). The highest BCUT2D eigenvalue weighted by molar-refractivity contribution is 7.62. The van der Waals surface area contributed by atoms with Crippen molar-refractivity contribution in [1.29, 1.82) is 0 Å². The van der Waals surface area contributed by atoms with Crippen LogP contribution in [0.2, 0.25) is 0 Å². The topological polar surface area (TPSA) is 91.5 Å². The van der Waals surface area contributed by atoms with Crippen LogP contribution in [0.4, 0.5) is 0 Å². The summed E-state index contributed by atoms with van der Waals surface area (Å²) in [6, 6.07) is 11.8. The predicted octanol–water partition coefficient (Wildman–Crippen LogP) is 3.62. The molecule has 0 bridgehead atoms. The molecule has 0 radical (unpaired) electrons. The van der Waals surface area contributed by atoms with Crippen molar-refractivity contribution >= 4 is 83.5 Å². The maximum Gasteiger partial charge on any atom is 0.146 e. The number of aromatic nitrogens is 4. The van der Waals surface area contributed by atoms with Gasteiger partial charge in [0.15, 0.2) is 0 Å². The first-order valence-electron chi connectivity index (χ1n) is 8.73. The lowest BCUT2D eigenvalue weighted by atomic mass is 10.2. The van der Waals surface area contributed by atoms with E-state index in [0.717, 1.165) is 44.1 Å². The second-order valence-corrected chi connectivity index (χ2v) is 10.4. The Hall–Kier alpha value is -2.68. The number of fused-ring (bicyclic) bond motifs is 2. The summed E-state index contributed by atoms with van der Waals surface area (Å²) in [4.78, 5) is 38.4. The average molecular weight is 466 g/mol. The Balaban J connectivity index is 1.39. The molecule has 2 unspecified atom stereocenters. The van der Waals surface area contributed by atoms with Crippen molar-refractivity contribution in [2.24, 2.45) is 0 Å². The number of nitrogens with zero attached hydrogens (tertiary/aromatic N) is 2. The minimum atomic E-state index is 0.0310. The monoisotopic (exact) mass is 466 g/mol. The van der Waals surface area contributed by atoms with E-state index in [-0.39, 0.29) is 17.2 Å². The molecule has 0 amide bonds. The first-order chi connectivity index (χ1) is 14.7. The molecule has 0 saturated heterocycles. The van der Waals surface area contributed by atoms with Crippen LogP contribution in [0, 0.1) is 11.8 Å². The van der Waals surface area contributed by atoms with Gasteiger partial charge in [-0.25, -0.2) is 9.97 Å². The van der Waals surface area contributed by atoms with Crippen LogP contribution in [0.25, 0.3) is 31.0 Å². The van der Waals surface area contributed by atoms with Gasteiger partial charge in [-0.05, 0) is 30.3 Å². The minimum Gasteiger partial charge on any atom is -0.338 e. The summed E-state index contributed by atoms with van der Waals surface area (Å²) in [6.07, 6.45) is 1.77. The quantitative estimate of drug-likeness (QED) is 0.235. The Morgan fingerprint density at radius 2 is 1.77 bits per heavy atom. The molecule has 10 heteroatoms. The molecule has 0 aliphatic rings. The van der Waals surface area contributed by atoms with E-state index in [1.807, 2.05) is 18.2 Å². The van der Waals surface area contributed by atoms with Crippen molar-refractivity contribution in [1.82, 2.24) is 19.9 Å². The number of hydrogen-bond donors (Lipinski definition) is 2. The molecular weight excluding hydrogens is 454 g/mol. The molecule has 2 atom stereocenters. The number of H-pyrrole nitrogens is 2. The fraction of sp³-hybridized carbons (Fsp3) is 0. The third-order valence-electron chi connectivity index (χ3n) is 4.25. The number of hydrogen-bond acceptors (Lipinski definition) is 6. The van der Waals surface area contributed by atoms with Crippen LogP contribution in [0.5, 0.6) is 0 Å². The Labute approximate surface area is 182 Å². The van der Waals surface area contributed by atoms with E-state index in [0.29, 0.717) is 11.1 Å². The van der Waals surface area contributed by atoms with Crippen molar-refractivity contribution in [3.05, 3.63) is 47.0 Å². The molecule has 2 N–H and O–H groups in total. The molecule has 4 heterocycles. The van der Waals surface area contributed by atoms with Gasteiger partial charge in [0.25, 0.3) is 0 Å². The molecule has 0 spiro atoms. The van der Waals surface area contributed by atoms with Crippen LogP contribution >= 0.6 is 39.8 Å². The van der Waals surface area contributed by atoms with E-state index < -0.39 is 0 Å². The van der Waals surface area contributed by atoms with Gasteiger partial charge >= 0.3 is 0 Å². The third kappa shape index (κ3) is 3.86. The van der Waals surface area contributed by atoms with E-state index in [2.05, 4.69) is 43.9 Å². The van der Waals surface area contributed by atoms with Crippen LogP contribution in [0.3, 0.4) is 0 Å². The molecule has 30 heavy (non-hydrogen) atoms. The Morgan fingerprint density at radius 1 is 0.933 bits per heavy atom. The summed E-state index contributed by atoms with van der Waals surface area (Å²) in [5.74, 6) is 6.45. The van der Waals surface area contributed by atoms with Gasteiger partial charge in [0, 0.05) is 32.1 Å². The van der Waals surface area contributed by atoms with E-state index in [1.54, 1.807) is 28.9 Å². The van der Waals surface area contributed by atoms with Crippen LogP contribution < -0.4 is 11.1 Å². The number of nitrogens with one attached hydrogen (secondary N) is 2. The number of carbonyl (C=O) groups is 2. The van der Waals surface area contributed by atoms with E-state index in [9.17, 15) is 9.59 Å². The van der Waals surface area contributed by atoms with Gasteiger partial charge in [0.1, 0.15) is 23.2 Å². The van der Waals surface area contributed by atoms with Crippen molar-refractivity contribution in [2.45, 2.75) is 0 Å². The molecular formula is C20H12N4O2P2S2. The predicted molar refractivity (Wildman–Crippen MR) is 129 cm³/mol. The largest absolute Gasteiger partial charge is 0.338 e. The molecule has 0 saturated carbocycles. The normalized spacial score (nSPS) is 11.7. The lowest BCUT2D eigenvalue weighted by molar-refractivity contribution is 0.569. The smallest absolute Gasteiger partial charge is 0.146 e. The van der Waals surface area contributed by atoms with Gasteiger partial charge in [0.2, 0.25) is 0 Å². The number of imidazole rings is 2. The van der Waals surface area contributed by atoms with Crippen molar-refractivity contribution in [3.63, 3.8) is 0 Å². The molecule has 146 valence electrons. The zero-order valence-corrected chi connectivity index (χ0v) is 18.8. The first kappa shape index (κ1) is 19.3. The fourth-order valence-corrected chi connectivity index (χ4v) is 6.13. The highest BCUT2D eigenvalue weighted by Crippen LogP contribution is 2.37. The molecule has 6 nitrogen and oxygen atoms in total. The second kappa shape index (κ2) is 8.22. The van der Waals surface area contributed by atoms with Crippen molar-refractivity contribution in [3.8, 4) is 22.4 Å². The summed E-state index contributed by atoms with van der Waals surface area (Å²) in [6.45, 7) is 0. The molecule has 5 aromatic rings. The summed E-state index contributed by atoms with van der Waals surface area (Å²) in [7, 11) is 0.0795. The second-order valence-electron chi connectivity index (χ2n) is 6.19. The van der Waals surface area contributed by atoms with Gasteiger partial charge in [-0.15, -0.1) is 22.7 Å².